The number of methoxy groups -OCH3 is 1. The molecule has 0 saturated heterocycles. The first kappa shape index (κ1) is 18.9. The molecule has 0 spiro atoms. The number of fused-ring (bicyclic) bond motifs is 1. The molecule has 0 fully saturated rings. The zero-order chi connectivity index (χ0) is 19.6. The number of aliphatic imine (C=N–C) groups is 1. The molecule has 1 aliphatic rings. The maximum absolute atomic E-state index is 12.4. The lowest BCUT2D eigenvalue weighted by Crippen LogP contribution is -2.42. The molecule has 1 aromatic heterocycles. The number of aromatic nitrogens is 2. The van der Waals surface area contributed by atoms with Crippen molar-refractivity contribution >= 4 is 17.6 Å². The molecule has 1 aromatic carbocycles. The van der Waals surface area contributed by atoms with E-state index < -0.39 is 5.60 Å². The van der Waals surface area contributed by atoms with Gasteiger partial charge in [0.05, 0.1) is 24.6 Å². The molecule has 8 nitrogen and oxygen atoms in total. The Kier molecular flexibility index (Phi) is 5.18. The number of H-pyrrole nitrogens is 1. The number of benzene rings is 1. The first-order chi connectivity index (χ1) is 12.8. The van der Waals surface area contributed by atoms with Gasteiger partial charge in [-0.15, -0.1) is 0 Å². The van der Waals surface area contributed by atoms with Crippen LogP contribution in [-0.4, -0.2) is 58.4 Å². The van der Waals surface area contributed by atoms with Gasteiger partial charge in [0.25, 0.3) is 0 Å². The standard InChI is InChI=1S/C19H25N5O3/c1-19(2,26)7-8-24(3)18(25)23-16-9-14-15(27-4)6-5-13(17(14)22-16)12-10-20-21-11-12/h5-6,10-11,26H,7-9H2,1-4H3,(H,20,21)(H,22,23,25). The second-order valence-corrected chi connectivity index (χ2v) is 7.28. The molecule has 27 heavy (non-hydrogen) atoms. The maximum Gasteiger partial charge on any atom is 0.322 e. The summed E-state index contributed by atoms with van der Waals surface area (Å²) in [7, 11) is 3.31. The largest absolute Gasteiger partial charge is 0.496 e. The molecule has 2 heterocycles. The smallest absolute Gasteiger partial charge is 0.322 e. The summed E-state index contributed by atoms with van der Waals surface area (Å²) < 4.78 is 5.46. The number of aliphatic hydroxyl groups is 1. The van der Waals surface area contributed by atoms with Crippen LogP contribution in [0.4, 0.5) is 10.5 Å². The van der Waals surface area contributed by atoms with Crippen molar-refractivity contribution in [1.82, 2.24) is 20.4 Å². The van der Waals surface area contributed by atoms with Crippen LogP contribution in [0.25, 0.3) is 11.1 Å². The summed E-state index contributed by atoms with van der Waals surface area (Å²) in [5, 5.41) is 19.5. The summed E-state index contributed by atoms with van der Waals surface area (Å²) in [6.45, 7) is 3.89. The molecule has 144 valence electrons. The van der Waals surface area contributed by atoms with Gasteiger partial charge in [0, 0.05) is 42.9 Å². The van der Waals surface area contributed by atoms with Crippen molar-refractivity contribution < 1.29 is 14.6 Å². The van der Waals surface area contributed by atoms with E-state index in [9.17, 15) is 9.90 Å². The number of rotatable bonds is 5. The number of nitrogens with one attached hydrogen (secondary N) is 2. The summed E-state index contributed by atoms with van der Waals surface area (Å²) in [6, 6.07) is 3.58. The van der Waals surface area contributed by atoms with Crippen LogP contribution < -0.4 is 10.1 Å². The molecular weight excluding hydrogens is 346 g/mol. The molecule has 3 rings (SSSR count). The fraction of sp³-hybridized carbons (Fsp3) is 0.421. The Hall–Kier alpha value is -2.87. The minimum absolute atomic E-state index is 0.255. The lowest BCUT2D eigenvalue weighted by molar-refractivity contribution is 0.0640. The lowest BCUT2D eigenvalue weighted by atomic mass is 10.0. The van der Waals surface area contributed by atoms with E-state index in [2.05, 4.69) is 20.5 Å². The fourth-order valence-electron chi connectivity index (χ4n) is 2.91. The third-order valence-electron chi connectivity index (χ3n) is 4.52. The Labute approximate surface area is 158 Å². The number of urea groups is 1. The van der Waals surface area contributed by atoms with Gasteiger partial charge in [-0.05, 0) is 32.4 Å². The van der Waals surface area contributed by atoms with Crippen LogP contribution in [0.1, 0.15) is 25.8 Å². The maximum atomic E-state index is 12.4. The minimum atomic E-state index is -0.817. The molecule has 2 amide bonds. The molecule has 0 unspecified atom stereocenters. The summed E-state index contributed by atoms with van der Waals surface area (Å²) in [6.07, 6.45) is 4.51. The van der Waals surface area contributed by atoms with E-state index in [1.165, 1.54) is 4.90 Å². The van der Waals surface area contributed by atoms with Gasteiger partial charge in [-0.25, -0.2) is 9.79 Å². The number of aromatic amines is 1. The predicted octanol–water partition coefficient (Wildman–Crippen LogP) is 2.47. The van der Waals surface area contributed by atoms with Gasteiger partial charge < -0.3 is 14.7 Å². The number of carbonyl (C=O) groups is 1. The Morgan fingerprint density at radius 3 is 2.85 bits per heavy atom. The number of nitrogens with zero attached hydrogens (tertiary/aromatic N) is 3. The molecule has 8 heteroatoms. The number of amidine groups is 1. The zero-order valence-electron chi connectivity index (χ0n) is 16.0. The van der Waals surface area contributed by atoms with E-state index in [-0.39, 0.29) is 6.03 Å². The van der Waals surface area contributed by atoms with Crippen molar-refractivity contribution in [2.24, 2.45) is 4.99 Å². The molecule has 0 bridgehead atoms. The highest BCUT2D eigenvalue weighted by Gasteiger charge is 2.25. The van der Waals surface area contributed by atoms with Crippen LogP contribution in [0, 0.1) is 0 Å². The molecule has 3 N–H and O–H groups in total. The van der Waals surface area contributed by atoms with Gasteiger partial charge in [0.2, 0.25) is 0 Å². The van der Waals surface area contributed by atoms with E-state index in [4.69, 9.17) is 4.74 Å². The molecule has 0 atom stereocenters. The third kappa shape index (κ3) is 4.28. The minimum Gasteiger partial charge on any atom is -0.496 e. The SMILES string of the molecule is COc1ccc(-c2cn[nH]c2)c2c1CC(NC(=O)N(C)CCC(C)(C)O)=N2. The van der Waals surface area contributed by atoms with Crippen molar-refractivity contribution in [2.45, 2.75) is 32.3 Å². The Bertz CT molecular complexity index is 853. The highest BCUT2D eigenvalue weighted by Crippen LogP contribution is 2.41. The Morgan fingerprint density at radius 2 is 2.22 bits per heavy atom. The molecule has 1 aliphatic heterocycles. The van der Waals surface area contributed by atoms with E-state index in [1.807, 2.05) is 12.1 Å². The monoisotopic (exact) mass is 371 g/mol. The van der Waals surface area contributed by atoms with Gasteiger partial charge in [-0.3, -0.25) is 10.4 Å². The van der Waals surface area contributed by atoms with E-state index >= 15 is 0 Å². The van der Waals surface area contributed by atoms with Crippen molar-refractivity contribution in [3.8, 4) is 16.9 Å². The van der Waals surface area contributed by atoms with Crippen LogP contribution in [-0.2, 0) is 6.42 Å². The van der Waals surface area contributed by atoms with Crippen LogP contribution in [0.15, 0.2) is 29.5 Å². The van der Waals surface area contributed by atoms with Crippen molar-refractivity contribution in [3.63, 3.8) is 0 Å². The highest BCUT2D eigenvalue weighted by molar-refractivity contribution is 6.04. The van der Waals surface area contributed by atoms with Crippen LogP contribution >= 0.6 is 0 Å². The van der Waals surface area contributed by atoms with Crippen molar-refractivity contribution in [2.75, 3.05) is 20.7 Å². The van der Waals surface area contributed by atoms with Gasteiger partial charge in [0.1, 0.15) is 11.6 Å². The third-order valence-corrected chi connectivity index (χ3v) is 4.52. The predicted molar refractivity (Wildman–Crippen MR) is 103 cm³/mol. The molecule has 0 radical (unpaired) electrons. The first-order valence-electron chi connectivity index (χ1n) is 8.79. The topological polar surface area (TPSA) is 103 Å². The summed E-state index contributed by atoms with van der Waals surface area (Å²) in [4.78, 5) is 18.6. The molecule has 0 aliphatic carbocycles. The van der Waals surface area contributed by atoms with Gasteiger partial charge in [0.15, 0.2) is 0 Å². The van der Waals surface area contributed by atoms with E-state index in [1.54, 1.807) is 40.4 Å². The normalized spacial score (nSPS) is 13.1. The van der Waals surface area contributed by atoms with Crippen LogP contribution in [0.5, 0.6) is 5.75 Å². The Balaban J connectivity index is 1.77. The van der Waals surface area contributed by atoms with Crippen molar-refractivity contribution in [1.29, 1.82) is 0 Å². The molecular formula is C19H25N5O3. The summed E-state index contributed by atoms with van der Waals surface area (Å²) in [5.41, 5.74) is 2.75. The molecule has 0 saturated carbocycles. The Morgan fingerprint density at radius 1 is 1.44 bits per heavy atom. The second kappa shape index (κ2) is 7.40. The average molecular weight is 371 g/mol. The zero-order valence-corrected chi connectivity index (χ0v) is 16.0. The van der Waals surface area contributed by atoms with Crippen LogP contribution in [0.3, 0.4) is 0 Å². The van der Waals surface area contributed by atoms with E-state index in [0.717, 1.165) is 28.1 Å². The van der Waals surface area contributed by atoms with Gasteiger partial charge >= 0.3 is 6.03 Å². The number of amides is 2. The first-order valence-corrected chi connectivity index (χ1v) is 8.79. The fourth-order valence-corrected chi connectivity index (χ4v) is 2.91. The quantitative estimate of drug-likeness (QED) is 0.751. The van der Waals surface area contributed by atoms with Gasteiger partial charge in [-0.2, -0.15) is 5.10 Å². The number of carbonyl (C=O) groups excluding carboxylic acids is 1. The van der Waals surface area contributed by atoms with Crippen LogP contribution in [0.2, 0.25) is 0 Å². The number of hydrogen-bond donors (Lipinski definition) is 3. The highest BCUT2D eigenvalue weighted by atomic mass is 16.5. The van der Waals surface area contributed by atoms with Crippen molar-refractivity contribution in [3.05, 3.63) is 30.1 Å². The number of hydrogen-bond acceptors (Lipinski definition) is 5. The lowest BCUT2D eigenvalue weighted by Gasteiger charge is -2.23. The van der Waals surface area contributed by atoms with Gasteiger partial charge in [-0.1, -0.05) is 0 Å². The summed E-state index contributed by atoms with van der Waals surface area (Å²) in [5.74, 6) is 1.31. The van der Waals surface area contributed by atoms with E-state index in [0.29, 0.717) is 25.2 Å². The molecule has 2 aromatic rings. The summed E-state index contributed by atoms with van der Waals surface area (Å²) >= 11 is 0. The average Bonchev–Trinajstić information content (AvgIpc) is 3.27. The second-order valence-electron chi connectivity index (χ2n) is 7.28. The number of ether oxygens (including phenoxy) is 1.